The summed E-state index contributed by atoms with van der Waals surface area (Å²) in [5, 5.41) is 13.0. The van der Waals surface area contributed by atoms with Crippen molar-refractivity contribution in [2.45, 2.75) is 6.92 Å². The van der Waals surface area contributed by atoms with Gasteiger partial charge in [0.1, 0.15) is 5.82 Å². The van der Waals surface area contributed by atoms with Gasteiger partial charge < -0.3 is 5.11 Å². The highest BCUT2D eigenvalue weighted by atomic mass is 35.5. The van der Waals surface area contributed by atoms with Crippen LogP contribution in [0, 0.1) is 12.7 Å². The van der Waals surface area contributed by atoms with Gasteiger partial charge in [0.15, 0.2) is 5.69 Å². The zero-order chi connectivity index (χ0) is 16.7. The largest absolute Gasteiger partial charge is 0.476 e. The van der Waals surface area contributed by atoms with Crippen LogP contribution in [0.15, 0.2) is 36.4 Å². The van der Waals surface area contributed by atoms with E-state index >= 15 is 0 Å². The maximum absolute atomic E-state index is 14.0. The Morgan fingerprint density at radius 3 is 2.57 bits per heavy atom. The van der Waals surface area contributed by atoms with Crippen LogP contribution in [0.2, 0.25) is 5.02 Å². The summed E-state index contributed by atoms with van der Waals surface area (Å²) in [4.78, 5) is 24.0. The molecule has 1 N–H and O–H groups in total. The average Bonchev–Trinajstić information content (AvgIpc) is 2.88. The Bertz CT molecular complexity index is 945. The number of carboxylic acid groups (broad SMARTS) is 1. The van der Waals surface area contributed by atoms with Crippen molar-refractivity contribution in [1.82, 2.24) is 9.78 Å². The quantitative estimate of drug-likeness (QED) is 0.779. The highest BCUT2D eigenvalue weighted by Gasteiger charge is 2.25. The molecule has 0 aliphatic carbocycles. The number of rotatable bonds is 2. The molecule has 0 bridgehead atoms. The summed E-state index contributed by atoms with van der Waals surface area (Å²) < 4.78 is 14.9. The summed E-state index contributed by atoms with van der Waals surface area (Å²) in [5.41, 5.74) is 0.363. The molecule has 0 atom stereocenters. The van der Waals surface area contributed by atoms with Crippen LogP contribution in [0.1, 0.15) is 26.4 Å². The van der Waals surface area contributed by atoms with E-state index in [-0.39, 0.29) is 21.5 Å². The average molecular weight is 333 g/mol. The van der Waals surface area contributed by atoms with Crippen molar-refractivity contribution in [1.29, 1.82) is 0 Å². The molecule has 0 saturated carbocycles. The minimum Gasteiger partial charge on any atom is -0.476 e. The fraction of sp³-hybridized carbons (Fsp3) is 0.0625. The van der Waals surface area contributed by atoms with Gasteiger partial charge in [0.05, 0.1) is 21.5 Å². The molecule has 116 valence electrons. The van der Waals surface area contributed by atoms with Gasteiger partial charge in [-0.2, -0.15) is 9.78 Å². The highest BCUT2D eigenvalue weighted by molar-refractivity contribution is 6.34. The zero-order valence-corrected chi connectivity index (χ0v) is 12.6. The van der Waals surface area contributed by atoms with Gasteiger partial charge >= 0.3 is 5.97 Å². The molecule has 2 aromatic carbocycles. The molecule has 0 radical (unpaired) electrons. The van der Waals surface area contributed by atoms with Crippen LogP contribution in [0.5, 0.6) is 0 Å². The number of carbonyl (C=O) groups is 2. The number of nitrogens with zero attached hydrogens (tertiary/aromatic N) is 2. The predicted octanol–water partition coefficient (Wildman–Crippen LogP) is 3.52. The first-order chi connectivity index (χ1) is 10.9. The third kappa shape index (κ3) is 2.37. The topological polar surface area (TPSA) is 72.2 Å². The molecule has 3 aromatic rings. The lowest BCUT2D eigenvalue weighted by atomic mass is 10.1. The summed E-state index contributed by atoms with van der Waals surface area (Å²) in [6.07, 6.45) is 0. The van der Waals surface area contributed by atoms with E-state index in [1.54, 1.807) is 25.1 Å². The first-order valence-electron chi connectivity index (χ1n) is 6.62. The summed E-state index contributed by atoms with van der Waals surface area (Å²) in [7, 11) is 0. The number of aryl methyl sites for hydroxylation is 1. The number of hydrogen-bond donors (Lipinski definition) is 1. The second-order valence-electron chi connectivity index (χ2n) is 4.94. The van der Waals surface area contributed by atoms with E-state index < -0.39 is 23.4 Å². The van der Waals surface area contributed by atoms with E-state index in [4.69, 9.17) is 11.6 Å². The van der Waals surface area contributed by atoms with Crippen LogP contribution in [0.25, 0.3) is 10.9 Å². The Morgan fingerprint density at radius 1 is 1.22 bits per heavy atom. The molecule has 0 fully saturated rings. The van der Waals surface area contributed by atoms with Crippen LogP contribution in [0.3, 0.4) is 0 Å². The third-order valence-corrected chi connectivity index (χ3v) is 3.80. The number of halogens is 2. The van der Waals surface area contributed by atoms with Crippen molar-refractivity contribution in [2.75, 3.05) is 0 Å². The maximum Gasteiger partial charge on any atom is 0.357 e. The molecule has 0 saturated heterocycles. The van der Waals surface area contributed by atoms with Crippen molar-refractivity contribution < 1.29 is 19.1 Å². The minimum absolute atomic E-state index is 0.0757. The number of aromatic carboxylic acids is 1. The van der Waals surface area contributed by atoms with Crippen molar-refractivity contribution in [3.63, 3.8) is 0 Å². The fourth-order valence-electron chi connectivity index (χ4n) is 2.44. The van der Waals surface area contributed by atoms with Gasteiger partial charge in [-0.1, -0.05) is 29.8 Å². The van der Waals surface area contributed by atoms with Crippen LogP contribution >= 0.6 is 11.6 Å². The number of benzene rings is 2. The number of carboxylic acids is 1. The standard InChI is InChI=1S/C16H10ClFN2O3/c1-8-4-2-5-9(17)12(8)15(21)20-11-7-3-6-10(18)13(11)14(19-20)16(22)23/h2-7H,1H3,(H,22,23). The molecule has 0 amide bonds. The van der Waals surface area contributed by atoms with E-state index in [1.807, 2.05) is 0 Å². The Labute approximate surface area is 134 Å². The molecule has 1 heterocycles. The molecule has 1 aromatic heterocycles. The van der Waals surface area contributed by atoms with Crippen LogP contribution in [0.4, 0.5) is 4.39 Å². The Hall–Kier alpha value is -2.73. The second kappa shape index (κ2) is 5.48. The van der Waals surface area contributed by atoms with Gasteiger partial charge in [-0.25, -0.2) is 9.18 Å². The van der Waals surface area contributed by atoms with Gasteiger partial charge in [0.2, 0.25) is 0 Å². The SMILES string of the molecule is Cc1cccc(Cl)c1C(=O)n1nc(C(=O)O)c2c(F)cccc21. The number of aromatic nitrogens is 2. The Morgan fingerprint density at radius 2 is 1.91 bits per heavy atom. The molecule has 3 rings (SSSR count). The molecule has 23 heavy (non-hydrogen) atoms. The van der Waals surface area contributed by atoms with E-state index in [1.165, 1.54) is 12.1 Å². The second-order valence-corrected chi connectivity index (χ2v) is 5.34. The first kappa shape index (κ1) is 15.2. The molecule has 7 heteroatoms. The predicted molar refractivity (Wildman–Crippen MR) is 82.6 cm³/mol. The van der Waals surface area contributed by atoms with Gasteiger partial charge in [-0.05, 0) is 30.7 Å². The van der Waals surface area contributed by atoms with Gasteiger partial charge in [-0.3, -0.25) is 4.79 Å². The van der Waals surface area contributed by atoms with Crippen LogP contribution in [-0.2, 0) is 0 Å². The zero-order valence-electron chi connectivity index (χ0n) is 11.9. The lowest BCUT2D eigenvalue weighted by Gasteiger charge is -2.07. The smallest absolute Gasteiger partial charge is 0.357 e. The van der Waals surface area contributed by atoms with Crippen LogP contribution in [-0.4, -0.2) is 26.8 Å². The lowest BCUT2D eigenvalue weighted by Crippen LogP contribution is -2.16. The van der Waals surface area contributed by atoms with Gasteiger partial charge in [0, 0.05) is 0 Å². The van der Waals surface area contributed by atoms with Crippen molar-refractivity contribution in [3.05, 3.63) is 64.1 Å². The maximum atomic E-state index is 14.0. The minimum atomic E-state index is -1.41. The van der Waals surface area contributed by atoms with Crippen molar-refractivity contribution in [2.24, 2.45) is 0 Å². The normalized spacial score (nSPS) is 10.9. The monoisotopic (exact) mass is 332 g/mol. The molecule has 0 aliphatic heterocycles. The van der Waals surface area contributed by atoms with E-state index in [2.05, 4.69) is 5.10 Å². The van der Waals surface area contributed by atoms with Gasteiger partial charge in [-0.15, -0.1) is 0 Å². The number of fused-ring (bicyclic) bond motifs is 1. The highest BCUT2D eigenvalue weighted by Crippen LogP contribution is 2.26. The molecule has 5 nitrogen and oxygen atoms in total. The third-order valence-electron chi connectivity index (χ3n) is 3.49. The molecule has 0 spiro atoms. The van der Waals surface area contributed by atoms with E-state index in [0.717, 1.165) is 10.7 Å². The van der Waals surface area contributed by atoms with E-state index in [9.17, 15) is 19.1 Å². The lowest BCUT2D eigenvalue weighted by molar-refractivity contribution is 0.0691. The molecular weight excluding hydrogens is 323 g/mol. The Kier molecular flexibility index (Phi) is 3.61. The molecule has 0 unspecified atom stereocenters. The summed E-state index contributed by atoms with van der Waals surface area (Å²) >= 11 is 6.07. The molecule has 0 aliphatic rings. The summed E-state index contributed by atoms with van der Waals surface area (Å²) in [6.45, 7) is 1.70. The fourth-order valence-corrected chi connectivity index (χ4v) is 2.74. The first-order valence-corrected chi connectivity index (χ1v) is 7.00. The van der Waals surface area contributed by atoms with E-state index in [0.29, 0.717) is 5.56 Å². The Balaban J connectivity index is 2.31. The number of carbonyl (C=O) groups excluding carboxylic acids is 1. The summed E-state index contributed by atoms with van der Waals surface area (Å²) in [6, 6.07) is 8.87. The molecular formula is C16H10ClFN2O3. The van der Waals surface area contributed by atoms with Gasteiger partial charge in [0.25, 0.3) is 5.91 Å². The summed E-state index contributed by atoms with van der Waals surface area (Å²) in [5.74, 6) is -2.78. The van der Waals surface area contributed by atoms with Crippen molar-refractivity contribution in [3.8, 4) is 0 Å². The number of hydrogen-bond acceptors (Lipinski definition) is 3. The van der Waals surface area contributed by atoms with Crippen LogP contribution < -0.4 is 0 Å². The van der Waals surface area contributed by atoms with Crippen molar-refractivity contribution >= 4 is 34.4 Å².